The van der Waals surface area contributed by atoms with E-state index in [1.807, 2.05) is 32.3 Å². The predicted octanol–water partition coefficient (Wildman–Crippen LogP) is 2.71. The Morgan fingerprint density at radius 2 is 2.07 bits per heavy atom. The van der Waals surface area contributed by atoms with Gasteiger partial charge in [-0.15, -0.1) is 0 Å². The summed E-state index contributed by atoms with van der Waals surface area (Å²) in [5.41, 5.74) is 1.94. The molecule has 1 rings (SSSR count). The van der Waals surface area contributed by atoms with Gasteiger partial charge in [0, 0.05) is 16.6 Å². The van der Waals surface area contributed by atoms with Gasteiger partial charge in [-0.05, 0) is 32.6 Å². The molecule has 0 saturated carbocycles. The van der Waals surface area contributed by atoms with Crippen molar-refractivity contribution in [3.63, 3.8) is 0 Å². The Hall–Kier alpha value is -0.670. The molecule has 0 spiro atoms. The fourth-order valence-electron chi connectivity index (χ4n) is 1.24. The first-order valence-electron chi connectivity index (χ1n) is 4.45. The van der Waals surface area contributed by atoms with Crippen molar-refractivity contribution in [2.75, 3.05) is 14.1 Å². The van der Waals surface area contributed by atoms with Gasteiger partial charge in [0.2, 0.25) is 0 Å². The fourth-order valence-corrected chi connectivity index (χ4v) is 1.74. The molecule has 14 heavy (non-hydrogen) atoms. The van der Waals surface area contributed by atoms with Crippen LogP contribution < -0.4 is 0 Å². The molecule has 3 heteroatoms. The third-order valence-corrected chi connectivity index (χ3v) is 2.68. The van der Waals surface area contributed by atoms with Crippen LogP contribution in [-0.2, 0) is 6.54 Å². The maximum absolute atomic E-state index is 11.1. The molecule has 0 bridgehead atoms. The molecule has 0 saturated heterocycles. The SMILES string of the molecule is CC(=O)c1ccc(CN(C)C)c(Br)c1. The van der Waals surface area contributed by atoms with E-state index >= 15 is 0 Å². The molecular weight excluding hydrogens is 242 g/mol. The number of carbonyl (C=O) groups excluding carboxylic acids is 1. The topological polar surface area (TPSA) is 20.3 Å². The van der Waals surface area contributed by atoms with Crippen molar-refractivity contribution < 1.29 is 4.79 Å². The Morgan fingerprint density at radius 3 is 2.50 bits per heavy atom. The van der Waals surface area contributed by atoms with Crippen molar-refractivity contribution >= 4 is 21.7 Å². The second-order valence-corrected chi connectivity index (χ2v) is 4.45. The van der Waals surface area contributed by atoms with Gasteiger partial charge in [-0.2, -0.15) is 0 Å². The predicted molar refractivity (Wildman–Crippen MR) is 61.5 cm³/mol. The molecule has 0 radical (unpaired) electrons. The first-order chi connectivity index (χ1) is 6.50. The minimum absolute atomic E-state index is 0.0992. The Balaban J connectivity index is 2.95. The highest BCUT2D eigenvalue weighted by molar-refractivity contribution is 9.10. The summed E-state index contributed by atoms with van der Waals surface area (Å²) < 4.78 is 0.999. The maximum Gasteiger partial charge on any atom is 0.159 e. The lowest BCUT2D eigenvalue weighted by atomic mass is 10.1. The molecular formula is C11H14BrNO. The van der Waals surface area contributed by atoms with E-state index in [4.69, 9.17) is 0 Å². The Kier molecular flexibility index (Phi) is 3.84. The van der Waals surface area contributed by atoms with Crippen LogP contribution in [0.4, 0.5) is 0 Å². The van der Waals surface area contributed by atoms with E-state index in [1.54, 1.807) is 6.92 Å². The second-order valence-electron chi connectivity index (χ2n) is 3.60. The zero-order valence-corrected chi connectivity index (χ0v) is 10.3. The molecule has 1 aromatic carbocycles. The molecule has 76 valence electrons. The van der Waals surface area contributed by atoms with Gasteiger partial charge in [0.15, 0.2) is 5.78 Å². The molecule has 1 aromatic rings. The van der Waals surface area contributed by atoms with Crippen molar-refractivity contribution in [1.82, 2.24) is 4.90 Å². The van der Waals surface area contributed by atoms with Gasteiger partial charge in [-0.25, -0.2) is 0 Å². The number of ketones is 1. The van der Waals surface area contributed by atoms with Crippen molar-refractivity contribution in [1.29, 1.82) is 0 Å². The Labute approximate surface area is 93.0 Å². The number of rotatable bonds is 3. The minimum atomic E-state index is 0.0992. The Morgan fingerprint density at radius 1 is 1.43 bits per heavy atom. The molecule has 0 heterocycles. The summed E-state index contributed by atoms with van der Waals surface area (Å²) in [7, 11) is 4.04. The van der Waals surface area contributed by atoms with E-state index in [9.17, 15) is 4.79 Å². The largest absolute Gasteiger partial charge is 0.305 e. The van der Waals surface area contributed by atoms with Gasteiger partial charge in [0.05, 0.1) is 0 Å². The molecule has 0 unspecified atom stereocenters. The quantitative estimate of drug-likeness (QED) is 0.775. The van der Waals surface area contributed by atoms with Crippen molar-refractivity contribution in [2.45, 2.75) is 13.5 Å². The zero-order chi connectivity index (χ0) is 10.7. The monoisotopic (exact) mass is 255 g/mol. The van der Waals surface area contributed by atoms with Crippen molar-refractivity contribution in [3.8, 4) is 0 Å². The second kappa shape index (κ2) is 4.71. The Bertz CT molecular complexity index is 347. The smallest absolute Gasteiger partial charge is 0.159 e. The van der Waals surface area contributed by atoms with Gasteiger partial charge in [0.1, 0.15) is 0 Å². The van der Waals surface area contributed by atoms with E-state index in [0.717, 1.165) is 16.6 Å². The third kappa shape index (κ3) is 2.93. The number of benzene rings is 1. The fraction of sp³-hybridized carbons (Fsp3) is 0.364. The van der Waals surface area contributed by atoms with Gasteiger partial charge in [-0.1, -0.05) is 28.1 Å². The van der Waals surface area contributed by atoms with Crippen LogP contribution in [0.15, 0.2) is 22.7 Å². The molecule has 2 nitrogen and oxygen atoms in total. The van der Waals surface area contributed by atoms with E-state index in [-0.39, 0.29) is 5.78 Å². The summed E-state index contributed by atoms with van der Waals surface area (Å²) in [6, 6.07) is 5.73. The van der Waals surface area contributed by atoms with Crippen LogP contribution in [0.2, 0.25) is 0 Å². The molecule has 0 aliphatic carbocycles. The summed E-state index contributed by atoms with van der Waals surface area (Å²) in [5, 5.41) is 0. The van der Waals surface area contributed by atoms with Crippen LogP contribution in [0.25, 0.3) is 0 Å². The first-order valence-corrected chi connectivity index (χ1v) is 5.24. The lowest BCUT2D eigenvalue weighted by Gasteiger charge is -2.11. The summed E-state index contributed by atoms with van der Waals surface area (Å²) in [6.07, 6.45) is 0. The van der Waals surface area contributed by atoms with E-state index < -0.39 is 0 Å². The summed E-state index contributed by atoms with van der Waals surface area (Å²) in [4.78, 5) is 13.2. The van der Waals surface area contributed by atoms with Crippen LogP contribution >= 0.6 is 15.9 Å². The molecule has 0 aromatic heterocycles. The standard InChI is InChI=1S/C11H14BrNO/c1-8(14)9-4-5-10(7-13(2)3)11(12)6-9/h4-6H,7H2,1-3H3. The van der Waals surface area contributed by atoms with Crippen molar-refractivity contribution in [3.05, 3.63) is 33.8 Å². The zero-order valence-electron chi connectivity index (χ0n) is 8.67. The first kappa shape index (κ1) is 11.4. The molecule has 0 N–H and O–H groups in total. The lowest BCUT2D eigenvalue weighted by Crippen LogP contribution is -2.11. The van der Waals surface area contributed by atoms with Crippen molar-refractivity contribution in [2.24, 2.45) is 0 Å². The minimum Gasteiger partial charge on any atom is -0.305 e. The van der Waals surface area contributed by atoms with Gasteiger partial charge < -0.3 is 4.90 Å². The molecule has 0 atom stereocenters. The highest BCUT2D eigenvalue weighted by atomic mass is 79.9. The highest BCUT2D eigenvalue weighted by Crippen LogP contribution is 2.19. The van der Waals surface area contributed by atoms with Gasteiger partial charge in [0.25, 0.3) is 0 Å². The molecule has 0 fully saturated rings. The average molecular weight is 256 g/mol. The van der Waals surface area contributed by atoms with Crippen LogP contribution in [0, 0.1) is 0 Å². The van der Waals surface area contributed by atoms with Gasteiger partial charge >= 0.3 is 0 Å². The third-order valence-electron chi connectivity index (χ3n) is 1.95. The number of hydrogen-bond acceptors (Lipinski definition) is 2. The molecule has 0 aliphatic rings. The van der Waals surface area contributed by atoms with Crippen LogP contribution in [0.5, 0.6) is 0 Å². The summed E-state index contributed by atoms with van der Waals surface area (Å²) in [6.45, 7) is 2.45. The van der Waals surface area contributed by atoms with Crippen LogP contribution in [0.3, 0.4) is 0 Å². The number of carbonyl (C=O) groups is 1. The molecule has 0 aliphatic heterocycles. The highest BCUT2D eigenvalue weighted by Gasteiger charge is 2.04. The normalized spacial score (nSPS) is 10.6. The lowest BCUT2D eigenvalue weighted by molar-refractivity contribution is 0.101. The number of nitrogens with zero attached hydrogens (tertiary/aromatic N) is 1. The summed E-state index contributed by atoms with van der Waals surface area (Å²) in [5.74, 6) is 0.0992. The van der Waals surface area contributed by atoms with Gasteiger partial charge in [-0.3, -0.25) is 4.79 Å². The van der Waals surface area contributed by atoms with Crippen LogP contribution in [-0.4, -0.2) is 24.8 Å². The number of hydrogen-bond donors (Lipinski definition) is 0. The van der Waals surface area contributed by atoms with Crippen LogP contribution in [0.1, 0.15) is 22.8 Å². The maximum atomic E-state index is 11.1. The molecule has 0 amide bonds. The average Bonchev–Trinajstić information content (AvgIpc) is 2.07. The number of halogens is 1. The van der Waals surface area contributed by atoms with E-state index in [1.165, 1.54) is 5.56 Å². The summed E-state index contributed by atoms with van der Waals surface area (Å²) >= 11 is 3.47. The van der Waals surface area contributed by atoms with E-state index in [0.29, 0.717) is 0 Å². The van der Waals surface area contributed by atoms with E-state index in [2.05, 4.69) is 20.8 Å². The number of Topliss-reactive ketones (excluding diaryl/α,β-unsaturated/α-hetero) is 1.